The largest absolute Gasteiger partial charge is 0.497 e. The van der Waals surface area contributed by atoms with Gasteiger partial charge in [0.15, 0.2) is 6.19 Å². The summed E-state index contributed by atoms with van der Waals surface area (Å²) < 4.78 is 10.7. The van der Waals surface area contributed by atoms with E-state index in [-0.39, 0.29) is 0 Å². The van der Waals surface area contributed by atoms with Gasteiger partial charge in [-0.1, -0.05) is 0 Å². The molecule has 0 aliphatic carbocycles. The van der Waals surface area contributed by atoms with E-state index < -0.39 is 0 Å². The second kappa shape index (κ2) is 11.7. The molecule has 136 valence electrons. The molecule has 0 saturated carbocycles. The molecule has 8 heteroatoms. The average molecular weight is 371 g/mol. The van der Waals surface area contributed by atoms with E-state index >= 15 is 0 Å². The number of methoxy groups -OCH3 is 1. The number of nitriles is 1. The van der Waals surface area contributed by atoms with Gasteiger partial charge in [0.05, 0.1) is 26.9 Å². The Hall–Kier alpha value is -2.76. The molecule has 1 heterocycles. The summed E-state index contributed by atoms with van der Waals surface area (Å²) in [7, 11) is 1.66. The molecule has 0 aliphatic heterocycles. The number of guanidine groups is 1. The Morgan fingerprint density at radius 3 is 2.65 bits per heavy atom. The number of aliphatic imine (C=N–C) groups is 1. The molecule has 1 aromatic carbocycles. The number of nitrogens with zero attached hydrogens (tertiary/aromatic N) is 3. The van der Waals surface area contributed by atoms with Crippen molar-refractivity contribution in [2.45, 2.75) is 4.90 Å². The van der Waals surface area contributed by atoms with Crippen LogP contribution in [0.15, 0.2) is 58.7 Å². The number of aromatic nitrogens is 1. The zero-order valence-corrected chi connectivity index (χ0v) is 15.3. The second-order valence-corrected chi connectivity index (χ2v) is 6.13. The minimum Gasteiger partial charge on any atom is -0.497 e. The quantitative estimate of drug-likeness (QED) is 0.175. The van der Waals surface area contributed by atoms with Crippen molar-refractivity contribution >= 4 is 23.4 Å². The average Bonchev–Trinajstić information content (AvgIpc) is 2.68. The standard InChI is InChI=1S/C18H21N5O2S/c1-24-16-2-4-17(5-3-16)26-13-12-25-11-10-21-18(22-14-19)23-15-6-8-20-9-7-15/h2-9H,10-13H2,1H3,(H2,20,21,22,23). The minimum atomic E-state index is 0.384. The van der Waals surface area contributed by atoms with Gasteiger partial charge in [0.25, 0.3) is 0 Å². The van der Waals surface area contributed by atoms with E-state index in [2.05, 4.69) is 20.6 Å². The summed E-state index contributed by atoms with van der Waals surface area (Å²) in [6, 6.07) is 11.5. The van der Waals surface area contributed by atoms with Crippen molar-refractivity contribution in [2.24, 2.45) is 4.99 Å². The van der Waals surface area contributed by atoms with Gasteiger partial charge in [0.2, 0.25) is 5.96 Å². The van der Waals surface area contributed by atoms with E-state index in [1.807, 2.05) is 30.5 Å². The molecular formula is C18H21N5O2S. The van der Waals surface area contributed by atoms with Crippen molar-refractivity contribution in [3.63, 3.8) is 0 Å². The molecule has 26 heavy (non-hydrogen) atoms. The molecule has 0 bridgehead atoms. The smallest absolute Gasteiger partial charge is 0.209 e. The predicted molar refractivity (Wildman–Crippen MR) is 103 cm³/mol. The maximum absolute atomic E-state index is 8.79. The predicted octanol–water partition coefficient (Wildman–Crippen LogP) is 2.74. The second-order valence-electron chi connectivity index (χ2n) is 4.96. The highest BCUT2D eigenvalue weighted by atomic mass is 32.2. The first kappa shape index (κ1) is 19.6. The van der Waals surface area contributed by atoms with Crippen LogP contribution < -0.4 is 15.4 Å². The van der Waals surface area contributed by atoms with Crippen molar-refractivity contribution in [3.05, 3.63) is 48.8 Å². The van der Waals surface area contributed by atoms with Gasteiger partial charge < -0.3 is 14.8 Å². The summed E-state index contributed by atoms with van der Waals surface area (Å²) in [6.07, 6.45) is 5.19. The van der Waals surface area contributed by atoms with Gasteiger partial charge in [0, 0.05) is 28.7 Å². The van der Waals surface area contributed by atoms with Gasteiger partial charge in [0.1, 0.15) is 5.75 Å². The zero-order valence-electron chi connectivity index (χ0n) is 14.5. The molecule has 0 saturated heterocycles. The Kier molecular flexibility index (Phi) is 8.83. The summed E-state index contributed by atoms with van der Waals surface area (Å²) in [5.74, 6) is 2.09. The molecule has 2 rings (SSSR count). The number of benzene rings is 1. The molecule has 2 N–H and O–H groups in total. The first-order valence-corrected chi connectivity index (χ1v) is 9.01. The highest BCUT2D eigenvalue weighted by Crippen LogP contribution is 2.20. The molecule has 1 aromatic heterocycles. The molecule has 0 atom stereocenters. The van der Waals surface area contributed by atoms with Crippen molar-refractivity contribution in [1.82, 2.24) is 10.3 Å². The Morgan fingerprint density at radius 2 is 1.96 bits per heavy atom. The summed E-state index contributed by atoms with van der Waals surface area (Å²) in [4.78, 5) is 9.40. The lowest BCUT2D eigenvalue weighted by Crippen LogP contribution is -2.27. The number of nitrogens with one attached hydrogen (secondary N) is 2. The van der Waals surface area contributed by atoms with E-state index in [1.54, 1.807) is 43.4 Å². The van der Waals surface area contributed by atoms with Gasteiger partial charge >= 0.3 is 0 Å². The first-order chi connectivity index (χ1) is 12.8. The van der Waals surface area contributed by atoms with Crippen molar-refractivity contribution in [1.29, 1.82) is 5.26 Å². The molecule has 0 amide bonds. The van der Waals surface area contributed by atoms with Crippen LogP contribution >= 0.6 is 11.8 Å². The van der Waals surface area contributed by atoms with Crippen LogP contribution in [0.4, 0.5) is 5.69 Å². The van der Waals surface area contributed by atoms with Gasteiger partial charge in [-0.05, 0) is 36.4 Å². The van der Waals surface area contributed by atoms with Crippen LogP contribution in [-0.4, -0.2) is 43.6 Å². The van der Waals surface area contributed by atoms with E-state index in [1.165, 1.54) is 4.90 Å². The highest BCUT2D eigenvalue weighted by molar-refractivity contribution is 7.99. The molecule has 0 unspecified atom stereocenters. The molecule has 0 radical (unpaired) electrons. The fraction of sp³-hybridized carbons (Fsp3) is 0.278. The molecule has 0 aliphatic rings. The first-order valence-electron chi connectivity index (χ1n) is 8.03. The van der Waals surface area contributed by atoms with Crippen LogP contribution in [0.2, 0.25) is 0 Å². The van der Waals surface area contributed by atoms with E-state index in [9.17, 15) is 0 Å². The summed E-state index contributed by atoms with van der Waals surface area (Å²) in [5, 5.41) is 14.3. The SMILES string of the molecule is COc1ccc(SCCOCCN=C(NC#N)Nc2ccncc2)cc1. The Labute approximate surface area is 157 Å². The number of thioether (sulfide) groups is 1. The summed E-state index contributed by atoms with van der Waals surface area (Å²) >= 11 is 1.72. The van der Waals surface area contributed by atoms with Crippen molar-refractivity contribution < 1.29 is 9.47 Å². The monoisotopic (exact) mass is 371 g/mol. The zero-order chi connectivity index (χ0) is 18.5. The Bertz CT molecular complexity index is 717. The van der Waals surface area contributed by atoms with Crippen molar-refractivity contribution in [2.75, 3.05) is 37.9 Å². The molecule has 2 aromatic rings. The normalized spacial score (nSPS) is 10.8. The van der Waals surface area contributed by atoms with Gasteiger partial charge in [-0.2, -0.15) is 5.26 Å². The fourth-order valence-electron chi connectivity index (χ4n) is 1.95. The molecule has 7 nitrogen and oxygen atoms in total. The number of hydrogen-bond donors (Lipinski definition) is 2. The Morgan fingerprint density at radius 1 is 1.19 bits per heavy atom. The molecule has 0 spiro atoms. The van der Waals surface area contributed by atoms with Crippen LogP contribution in [0.3, 0.4) is 0 Å². The van der Waals surface area contributed by atoms with E-state index in [0.29, 0.717) is 25.7 Å². The van der Waals surface area contributed by atoms with Crippen LogP contribution in [0.1, 0.15) is 0 Å². The summed E-state index contributed by atoms with van der Waals surface area (Å²) in [5.41, 5.74) is 0.804. The Balaban J connectivity index is 1.64. The third kappa shape index (κ3) is 7.42. The van der Waals surface area contributed by atoms with Gasteiger partial charge in [-0.25, -0.2) is 4.99 Å². The van der Waals surface area contributed by atoms with E-state index in [4.69, 9.17) is 14.7 Å². The molecular weight excluding hydrogens is 350 g/mol. The van der Waals surface area contributed by atoms with Crippen LogP contribution in [0.25, 0.3) is 0 Å². The van der Waals surface area contributed by atoms with Gasteiger partial charge in [-0.3, -0.25) is 10.3 Å². The van der Waals surface area contributed by atoms with Gasteiger partial charge in [-0.15, -0.1) is 11.8 Å². The number of anilines is 1. The lowest BCUT2D eigenvalue weighted by molar-refractivity contribution is 0.158. The van der Waals surface area contributed by atoms with Crippen LogP contribution in [0, 0.1) is 11.5 Å². The minimum absolute atomic E-state index is 0.384. The fourth-order valence-corrected chi connectivity index (χ4v) is 2.72. The van der Waals surface area contributed by atoms with Crippen molar-refractivity contribution in [3.8, 4) is 11.9 Å². The maximum Gasteiger partial charge on any atom is 0.209 e. The third-order valence-electron chi connectivity index (χ3n) is 3.18. The summed E-state index contributed by atoms with van der Waals surface area (Å²) in [6.45, 7) is 1.57. The number of rotatable bonds is 9. The van der Waals surface area contributed by atoms with Crippen LogP contribution in [-0.2, 0) is 4.74 Å². The topological polar surface area (TPSA) is 91.6 Å². The lowest BCUT2D eigenvalue weighted by atomic mass is 10.3. The lowest BCUT2D eigenvalue weighted by Gasteiger charge is -2.08. The number of hydrogen-bond acceptors (Lipinski definition) is 6. The number of ether oxygens (including phenoxy) is 2. The third-order valence-corrected chi connectivity index (χ3v) is 4.16. The number of pyridine rings is 1. The molecule has 0 fully saturated rings. The highest BCUT2D eigenvalue weighted by Gasteiger charge is 1.99. The van der Waals surface area contributed by atoms with E-state index in [0.717, 1.165) is 17.2 Å². The maximum atomic E-state index is 8.79. The van der Waals surface area contributed by atoms with Crippen LogP contribution in [0.5, 0.6) is 5.75 Å².